The Morgan fingerprint density at radius 1 is 0.974 bits per heavy atom. The number of nitrogens with zero attached hydrogens (tertiary/aromatic N) is 2. The Morgan fingerprint density at radius 2 is 1.68 bits per heavy atom. The van der Waals surface area contributed by atoms with Gasteiger partial charge in [0.15, 0.2) is 0 Å². The van der Waals surface area contributed by atoms with Crippen molar-refractivity contribution in [3.8, 4) is 5.75 Å². The second kappa shape index (κ2) is 11.6. The highest BCUT2D eigenvalue weighted by Gasteiger charge is 2.46. The fraction of sp³-hybridized carbons (Fsp3) is 0.241. The lowest BCUT2D eigenvalue weighted by molar-refractivity contribution is -0.124. The number of rotatable bonds is 9. The molecule has 196 valence electrons. The molecule has 1 N–H and O–H groups in total. The first-order valence-electron chi connectivity index (χ1n) is 12.2. The number of amides is 4. The van der Waals surface area contributed by atoms with Gasteiger partial charge in [-0.05, 0) is 55.8 Å². The standard InChI is InChI=1S/C29H29N3O6/c1-4-38-28(35)21-12-14-22(15-13-21)30-26(33)17-25-27(34)32(23-6-5-7-24(16-23)37-3)29(36)31(25)18-20-10-8-19(2)9-11-20/h5-16,25H,4,17-18H2,1-3H3,(H,30,33). The Bertz CT molecular complexity index is 1340. The molecule has 1 atom stereocenters. The topological polar surface area (TPSA) is 105 Å². The van der Waals surface area contributed by atoms with Crippen LogP contribution in [0.25, 0.3) is 0 Å². The van der Waals surface area contributed by atoms with Gasteiger partial charge in [-0.25, -0.2) is 14.5 Å². The summed E-state index contributed by atoms with van der Waals surface area (Å²) in [6, 6.07) is 19.0. The van der Waals surface area contributed by atoms with Crippen LogP contribution in [0.1, 0.15) is 34.8 Å². The summed E-state index contributed by atoms with van der Waals surface area (Å²) in [5.41, 5.74) is 3.09. The van der Waals surface area contributed by atoms with E-state index in [1.807, 2.05) is 31.2 Å². The molecular weight excluding hydrogens is 486 g/mol. The number of urea groups is 1. The summed E-state index contributed by atoms with van der Waals surface area (Å²) >= 11 is 0. The maximum absolute atomic E-state index is 13.5. The first-order chi connectivity index (χ1) is 18.3. The summed E-state index contributed by atoms with van der Waals surface area (Å²) in [7, 11) is 1.50. The van der Waals surface area contributed by atoms with Crippen LogP contribution >= 0.6 is 0 Å². The van der Waals surface area contributed by atoms with E-state index in [2.05, 4.69) is 5.32 Å². The largest absolute Gasteiger partial charge is 0.497 e. The maximum atomic E-state index is 13.5. The SMILES string of the molecule is CCOC(=O)c1ccc(NC(=O)CC2C(=O)N(c3cccc(OC)c3)C(=O)N2Cc2ccc(C)cc2)cc1. The number of methoxy groups -OCH3 is 1. The molecule has 4 rings (SSSR count). The van der Waals surface area contributed by atoms with E-state index in [9.17, 15) is 19.2 Å². The molecule has 0 aromatic heterocycles. The van der Waals surface area contributed by atoms with Gasteiger partial charge < -0.3 is 19.7 Å². The van der Waals surface area contributed by atoms with Crippen LogP contribution in [0.2, 0.25) is 0 Å². The van der Waals surface area contributed by atoms with Crippen molar-refractivity contribution < 1.29 is 28.7 Å². The van der Waals surface area contributed by atoms with Gasteiger partial charge in [0.2, 0.25) is 5.91 Å². The van der Waals surface area contributed by atoms with E-state index in [1.165, 1.54) is 12.0 Å². The molecule has 3 aromatic rings. The van der Waals surface area contributed by atoms with E-state index in [0.717, 1.165) is 16.0 Å². The minimum absolute atomic E-state index is 0.164. The molecule has 1 heterocycles. The monoisotopic (exact) mass is 515 g/mol. The first kappa shape index (κ1) is 26.4. The molecule has 1 fully saturated rings. The van der Waals surface area contributed by atoms with E-state index in [-0.39, 0.29) is 19.6 Å². The van der Waals surface area contributed by atoms with Crippen molar-refractivity contribution in [3.05, 3.63) is 89.5 Å². The zero-order valence-electron chi connectivity index (χ0n) is 21.5. The number of hydrogen-bond donors (Lipinski definition) is 1. The van der Waals surface area contributed by atoms with Crippen molar-refractivity contribution >= 4 is 35.2 Å². The summed E-state index contributed by atoms with van der Waals surface area (Å²) in [5, 5.41) is 2.75. The van der Waals surface area contributed by atoms with Gasteiger partial charge in [0.1, 0.15) is 11.8 Å². The van der Waals surface area contributed by atoms with Crippen molar-refractivity contribution in [3.63, 3.8) is 0 Å². The Balaban J connectivity index is 1.55. The van der Waals surface area contributed by atoms with Gasteiger partial charge in [0.25, 0.3) is 5.91 Å². The normalized spacial score (nSPS) is 15.0. The van der Waals surface area contributed by atoms with E-state index in [1.54, 1.807) is 55.5 Å². The molecule has 1 saturated heterocycles. The minimum Gasteiger partial charge on any atom is -0.497 e. The van der Waals surface area contributed by atoms with Crippen LogP contribution in [0.15, 0.2) is 72.8 Å². The fourth-order valence-electron chi connectivity index (χ4n) is 4.18. The number of aryl methyl sites for hydroxylation is 1. The Morgan fingerprint density at radius 3 is 2.34 bits per heavy atom. The molecule has 0 spiro atoms. The second-order valence-electron chi connectivity index (χ2n) is 8.84. The molecule has 38 heavy (non-hydrogen) atoms. The molecule has 0 saturated carbocycles. The molecule has 0 radical (unpaired) electrons. The van der Waals surface area contributed by atoms with Gasteiger partial charge >= 0.3 is 12.0 Å². The van der Waals surface area contributed by atoms with Crippen LogP contribution in [-0.4, -0.2) is 48.5 Å². The molecule has 9 heteroatoms. The third kappa shape index (κ3) is 5.83. The van der Waals surface area contributed by atoms with Crippen molar-refractivity contribution in [2.45, 2.75) is 32.9 Å². The highest BCUT2D eigenvalue weighted by Crippen LogP contribution is 2.30. The van der Waals surface area contributed by atoms with Crippen molar-refractivity contribution in [1.82, 2.24) is 4.90 Å². The van der Waals surface area contributed by atoms with E-state index >= 15 is 0 Å². The van der Waals surface area contributed by atoms with Gasteiger partial charge in [0.05, 0.1) is 31.4 Å². The second-order valence-corrected chi connectivity index (χ2v) is 8.84. The molecule has 3 aromatic carbocycles. The summed E-state index contributed by atoms with van der Waals surface area (Å²) < 4.78 is 10.2. The molecular formula is C29H29N3O6. The number of nitrogens with one attached hydrogen (secondary N) is 1. The predicted molar refractivity (Wildman–Crippen MR) is 142 cm³/mol. The number of anilines is 2. The quantitative estimate of drug-likeness (QED) is 0.331. The summed E-state index contributed by atoms with van der Waals surface area (Å²) in [6.07, 6.45) is -0.240. The van der Waals surface area contributed by atoms with E-state index in [4.69, 9.17) is 9.47 Å². The molecule has 1 aliphatic rings. The van der Waals surface area contributed by atoms with Crippen LogP contribution < -0.4 is 15.0 Å². The lowest BCUT2D eigenvalue weighted by atomic mass is 10.1. The maximum Gasteiger partial charge on any atom is 0.338 e. The smallest absolute Gasteiger partial charge is 0.338 e. The number of ether oxygens (including phenoxy) is 2. The van der Waals surface area contributed by atoms with Crippen molar-refractivity contribution in [2.75, 3.05) is 23.9 Å². The lowest BCUT2D eigenvalue weighted by Crippen LogP contribution is -2.37. The van der Waals surface area contributed by atoms with Gasteiger partial charge in [-0.15, -0.1) is 0 Å². The van der Waals surface area contributed by atoms with Crippen LogP contribution in [-0.2, 0) is 20.9 Å². The predicted octanol–water partition coefficient (Wildman–Crippen LogP) is 4.55. The number of carbonyl (C=O) groups is 4. The zero-order chi connectivity index (χ0) is 27.2. The number of carbonyl (C=O) groups excluding carboxylic acids is 4. The van der Waals surface area contributed by atoms with E-state index in [0.29, 0.717) is 22.7 Å². The fourth-order valence-corrected chi connectivity index (χ4v) is 4.18. The lowest BCUT2D eigenvalue weighted by Gasteiger charge is -2.22. The Hall–Kier alpha value is -4.66. The molecule has 0 aliphatic carbocycles. The number of imide groups is 1. The summed E-state index contributed by atoms with van der Waals surface area (Å²) in [5.74, 6) is -0.893. The molecule has 9 nitrogen and oxygen atoms in total. The Kier molecular flexibility index (Phi) is 8.06. The summed E-state index contributed by atoms with van der Waals surface area (Å²) in [6.45, 7) is 4.11. The number of benzene rings is 3. The Labute approximate surface area is 220 Å². The number of esters is 1. The molecule has 1 aliphatic heterocycles. The van der Waals surface area contributed by atoms with Gasteiger partial charge in [-0.1, -0.05) is 35.9 Å². The van der Waals surface area contributed by atoms with Crippen molar-refractivity contribution in [1.29, 1.82) is 0 Å². The third-order valence-corrected chi connectivity index (χ3v) is 6.16. The average molecular weight is 516 g/mol. The summed E-state index contributed by atoms with van der Waals surface area (Å²) in [4.78, 5) is 54.4. The van der Waals surface area contributed by atoms with E-state index < -0.39 is 29.9 Å². The number of hydrogen-bond acceptors (Lipinski definition) is 6. The highest BCUT2D eigenvalue weighted by atomic mass is 16.5. The van der Waals surface area contributed by atoms with Gasteiger partial charge in [-0.2, -0.15) is 0 Å². The van der Waals surface area contributed by atoms with Gasteiger partial charge in [-0.3, -0.25) is 9.59 Å². The van der Waals surface area contributed by atoms with Crippen LogP contribution in [0.3, 0.4) is 0 Å². The van der Waals surface area contributed by atoms with Crippen LogP contribution in [0.4, 0.5) is 16.2 Å². The first-order valence-corrected chi connectivity index (χ1v) is 12.2. The van der Waals surface area contributed by atoms with Crippen LogP contribution in [0, 0.1) is 6.92 Å². The zero-order valence-corrected chi connectivity index (χ0v) is 21.5. The molecule has 0 bridgehead atoms. The van der Waals surface area contributed by atoms with Crippen LogP contribution in [0.5, 0.6) is 5.75 Å². The molecule has 1 unspecified atom stereocenters. The average Bonchev–Trinajstić information content (AvgIpc) is 3.14. The van der Waals surface area contributed by atoms with Gasteiger partial charge in [0, 0.05) is 18.3 Å². The minimum atomic E-state index is -1.01. The van der Waals surface area contributed by atoms with Crippen molar-refractivity contribution in [2.24, 2.45) is 0 Å². The molecule has 4 amide bonds. The highest BCUT2D eigenvalue weighted by molar-refractivity contribution is 6.22. The third-order valence-electron chi connectivity index (χ3n) is 6.16.